The number of nitrogens with zero attached hydrogens (tertiary/aromatic N) is 2. The van der Waals surface area contributed by atoms with Crippen LogP contribution in [-0.4, -0.2) is 61.5 Å². The summed E-state index contributed by atoms with van der Waals surface area (Å²) in [4.78, 5) is 30.0. The summed E-state index contributed by atoms with van der Waals surface area (Å²) in [6, 6.07) is 7.75. The number of carboxylic acid groups (broad SMARTS) is 1. The molecule has 0 aliphatic carbocycles. The molecule has 1 aromatic heterocycles. The fraction of sp³-hybridized carbons (Fsp3) is 0.316. The van der Waals surface area contributed by atoms with E-state index in [9.17, 15) is 14.7 Å². The average molecular weight is 406 g/mol. The van der Waals surface area contributed by atoms with E-state index in [1.54, 1.807) is 36.2 Å². The Morgan fingerprint density at radius 3 is 2.71 bits per heavy atom. The lowest BCUT2D eigenvalue weighted by Crippen LogP contribution is -2.39. The number of aromatic nitrogens is 1. The summed E-state index contributed by atoms with van der Waals surface area (Å²) in [6.07, 6.45) is 1.26. The molecule has 2 aromatic rings. The Morgan fingerprint density at radius 2 is 2.07 bits per heavy atom. The molecule has 1 aliphatic rings. The number of likely N-dealkylation sites (N-methyl/N-ethyl adjacent to an activating group) is 1. The van der Waals surface area contributed by atoms with Crippen molar-refractivity contribution in [1.82, 2.24) is 4.98 Å². The second-order valence-corrected chi connectivity index (χ2v) is 6.75. The van der Waals surface area contributed by atoms with Crippen LogP contribution in [-0.2, 0) is 9.47 Å². The molecule has 0 bridgehead atoms. The first-order valence-electron chi connectivity index (χ1n) is 8.65. The first-order valence-corrected chi connectivity index (χ1v) is 9.02. The third-order valence-electron chi connectivity index (χ3n) is 4.19. The van der Waals surface area contributed by atoms with Crippen molar-refractivity contribution in [3.05, 3.63) is 52.7 Å². The SMILES string of the molecule is CN(CC1COCCO1)c1ncc(NC(=O)c2ccc(Cl)cc2)cc1C(=O)O. The van der Waals surface area contributed by atoms with Crippen molar-refractivity contribution in [2.24, 2.45) is 0 Å². The van der Waals surface area contributed by atoms with E-state index in [0.717, 1.165) is 0 Å². The largest absolute Gasteiger partial charge is 0.478 e. The Hall–Kier alpha value is -2.68. The van der Waals surface area contributed by atoms with Crippen molar-refractivity contribution in [2.45, 2.75) is 6.10 Å². The number of ether oxygens (including phenoxy) is 2. The standard InChI is InChI=1S/C19H20ClN3O5/c1-23(10-15-11-27-6-7-28-15)17-16(19(25)26)8-14(9-21-17)22-18(24)12-2-4-13(20)5-3-12/h2-5,8-9,15H,6-7,10-11H2,1H3,(H,22,24)(H,25,26). The van der Waals surface area contributed by atoms with Crippen LogP contribution in [0.15, 0.2) is 36.5 Å². The van der Waals surface area contributed by atoms with Crippen LogP contribution < -0.4 is 10.2 Å². The summed E-state index contributed by atoms with van der Waals surface area (Å²) in [5.41, 5.74) is 0.664. The quantitative estimate of drug-likeness (QED) is 0.761. The topological polar surface area (TPSA) is 101 Å². The zero-order chi connectivity index (χ0) is 20.1. The third kappa shape index (κ3) is 4.98. The summed E-state index contributed by atoms with van der Waals surface area (Å²) in [6.45, 7) is 1.94. The number of hydrogen-bond acceptors (Lipinski definition) is 6. The smallest absolute Gasteiger partial charge is 0.339 e. The van der Waals surface area contributed by atoms with Crippen LogP contribution in [0.5, 0.6) is 0 Å². The van der Waals surface area contributed by atoms with Gasteiger partial charge in [0.15, 0.2) is 0 Å². The molecule has 1 aromatic carbocycles. The Labute approximate surface area is 167 Å². The van der Waals surface area contributed by atoms with Crippen LogP contribution in [0, 0.1) is 0 Å². The van der Waals surface area contributed by atoms with Crippen molar-refractivity contribution < 1.29 is 24.2 Å². The van der Waals surface area contributed by atoms with Crippen LogP contribution in [0.3, 0.4) is 0 Å². The summed E-state index contributed by atoms with van der Waals surface area (Å²) in [5, 5.41) is 12.7. The fourth-order valence-electron chi connectivity index (χ4n) is 2.83. The monoisotopic (exact) mass is 405 g/mol. The van der Waals surface area contributed by atoms with Gasteiger partial charge in [-0.1, -0.05) is 11.6 Å². The number of hydrogen-bond donors (Lipinski definition) is 2. The number of amides is 1. The van der Waals surface area contributed by atoms with E-state index < -0.39 is 5.97 Å². The van der Waals surface area contributed by atoms with Crippen molar-refractivity contribution in [3.8, 4) is 0 Å². The highest BCUT2D eigenvalue weighted by molar-refractivity contribution is 6.30. The molecular formula is C19H20ClN3O5. The molecule has 1 aliphatic heterocycles. The molecule has 1 saturated heterocycles. The van der Waals surface area contributed by atoms with Gasteiger partial charge in [-0.25, -0.2) is 9.78 Å². The lowest BCUT2D eigenvalue weighted by molar-refractivity contribution is -0.0837. The molecule has 1 unspecified atom stereocenters. The number of anilines is 2. The van der Waals surface area contributed by atoms with Gasteiger partial charge in [0.2, 0.25) is 0 Å². The van der Waals surface area contributed by atoms with Gasteiger partial charge in [-0.3, -0.25) is 4.79 Å². The van der Waals surface area contributed by atoms with Gasteiger partial charge in [-0.05, 0) is 30.3 Å². The molecule has 1 amide bonds. The normalized spacial score (nSPS) is 16.4. The van der Waals surface area contributed by atoms with Gasteiger partial charge in [-0.2, -0.15) is 0 Å². The van der Waals surface area contributed by atoms with E-state index >= 15 is 0 Å². The zero-order valence-electron chi connectivity index (χ0n) is 15.2. The Bertz CT molecular complexity index is 853. The molecule has 28 heavy (non-hydrogen) atoms. The van der Waals surface area contributed by atoms with Crippen molar-refractivity contribution in [2.75, 3.05) is 43.6 Å². The van der Waals surface area contributed by atoms with Gasteiger partial charge in [-0.15, -0.1) is 0 Å². The molecule has 1 fully saturated rings. The molecule has 0 radical (unpaired) electrons. The van der Waals surface area contributed by atoms with Crippen LogP contribution >= 0.6 is 11.6 Å². The van der Waals surface area contributed by atoms with Crippen molar-refractivity contribution >= 4 is 35.0 Å². The lowest BCUT2D eigenvalue weighted by atomic mass is 10.2. The van der Waals surface area contributed by atoms with E-state index in [0.29, 0.717) is 37.0 Å². The highest BCUT2D eigenvalue weighted by Crippen LogP contribution is 2.22. The molecule has 1 atom stereocenters. The number of pyridine rings is 1. The third-order valence-corrected chi connectivity index (χ3v) is 4.44. The maximum Gasteiger partial charge on any atom is 0.339 e. The van der Waals surface area contributed by atoms with Gasteiger partial charge in [0.1, 0.15) is 11.4 Å². The Kier molecular flexibility index (Phi) is 6.45. The molecular weight excluding hydrogens is 386 g/mol. The van der Waals surface area contributed by atoms with Gasteiger partial charge >= 0.3 is 5.97 Å². The van der Waals surface area contributed by atoms with Gasteiger partial charge in [0, 0.05) is 24.2 Å². The van der Waals surface area contributed by atoms with Crippen LogP contribution in [0.25, 0.3) is 0 Å². The fourth-order valence-corrected chi connectivity index (χ4v) is 2.95. The summed E-state index contributed by atoms with van der Waals surface area (Å²) >= 11 is 5.82. The number of carboxylic acids is 1. The van der Waals surface area contributed by atoms with Crippen LogP contribution in [0.1, 0.15) is 20.7 Å². The molecule has 3 rings (SSSR count). The zero-order valence-corrected chi connectivity index (χ0v) is 16.0. The minimum Gasteiger partial charge on any atom is -0.478 e. The first kappa shape index (κ1) is 20.1. The predicted octanol–water partition coefficient (Wildman–Crippen LogP) is 2.54. The van der Waals surface area contributed by atoms with Gasteiger partial charge in [0.25, 0.3) is 5.91 Å². The predicted molar refractivity (Wildman–Crippen MR) is 104 cm³/mol. The number of carbonyl (C=O) groups is 2. The average Bonchev–Trinajstić information content (AvgIpc) is 2.69. The molecule has 0 spiro atoms. The van der Waals surface area contributed by atoms with E-state index in [1.165, 1.54) is 12.3 Å². The van der Waals surface area contributed by atoms with Crippen LogP contribution in [0.4, 0.5) is 11.5 Å². The Balaban J connectivity index is 1.75. The Morgan fingerprint density at radius 1 is 1.32 bits per heavy atom. The maximum atomic E-state index is 12.3. The number of halogens is 1. The van der Waals surface area contributed by atoms with E-state index in [2.05, 4.69) is 10.3 Å². The number of nitrogens with one attached hydrogen (secondary N) is 1. The van der Waals surface area contributed by atoms with Crippen LogP contribution in [0.2, 0.25) is 5.02 Å². The van der Waals surface area contributed by atoms with E-state index in [-0.39, 0.29) is 29.1 Å². The number of rotatable bonds is 6. The number of carbonyl (C=O) groups excluding carboxylic acids is 1. The molecule has 0 saturated carbocycles. The summed E-state index contributed by atoms with van der Waals surface area (Å²) in [7, 11) is 1.73. The second-order valence-electron chi connectivity index (χ2n) is 6.31. The molecule has 9 heteroatoms. The molecule has 2 N–H and O–H groups in total. The summed E-state index contributed by atoms with van der Waals surface area (Å²) in [5.74, 6) is -1.24. The first-order chi connectivity index (χ1) is 13.4. The van der Waals surface area contributed by atoms with E-state index in [4.69, 9.17) is 21.1 Å². The minimum absolute atomic E-state index is 0.0202. The summed E-state index contributed by atoms with van der Waals surface area (Å²) < 4.78 is 11.0. The van der Waals surface area contributed by atoms with Crippen molar-refractivity contribution in [1.29, 1.82) is 0 Å². The minimum atomic E-state index is -1.14. The number of aromatic carboxylic acids is 1. The highest BCUT2D eigenvalue weighted by Gasteiger charge is 2.22. The molecule has 8 nitrogen and oxygen atoms in total. The van der Waals surface area contributed by atoms with Gasteiger partial charge < -0.3 is 24.8 Å². The highest BCUT2D eigenvalue weighted by atomic mass is 35.5. The lowest BCUT2D eigenvalue weighted by Gasteiger charge is -2.28. The van der Waals surface area contributed by atoms with Gasteiger partial charge in [0.05, 0.1) is 37.8 Å². The number of benzene rings is 1. The van der Waals surface area contributed by atoms with Crippen molar-refractivity contribution in [3.63, 3.8) is 0 Å². The van der Waals surface area contributed by atoms with E-state index in [1.807, 2.05) is 0 Å². The molecule has 2 heterocycles. The second kappa shape index (κ2) is 9.01. The molecule has 148 valence electrons. The maximum absolute atomic E-state index is 12.3.